The lowest BCUT2D eigenvalue weighted by Gasteiger charge is -2.06. The quantitative estimate of drug-likeness (QED) is 0.786. The summed E-state index contributed by atoms with van der Waals surface area (Å²) in [6.07, 6.45) is 3.47. The van der Waals surface area contributed by atoms with Gasteiger partial charge in [-0.05, 0) is 24.0 Å². The van der Waals surface area contributed by atoms with Crippen molar-refractivity contribution >= 4 is 27.3 Å². The summed E-state index contributed by atoms with van der Waals surface area (Å²) in [7, 11) is -3.25. The SMILES string of the molecule is CCSCCCS(=O)(=O)c1ccncc1N. The number of nitrogens with two attached hydrogens (primary N) is 1. The van der Waals surface area contributed by atoms with Crippen LogP contribution < -0.4 is 5.73 Å². The first-order chi connectivity index (χ1) is 7.58. The van der Waals surface area contributed by atoms with Gasteiger partial charge in [0.15, 0.2) is 9.84 Å². The third kappa shape index (κ3) is 3.68. The average Bonchev–Trinajstić information content (AvgIpc) is 2.25. The number of pyridine rings is 1. The molecule has 4 nitrogen and oxygen atoms in total. The number of anilines is 1. The molecule has 0 spiro atoms. The number of rotatable bonds is 6. The van der Waals surface area contributed by atoms with Gasteiger partial charge in [-0.25, -0.2) is 8.42 Å². The molecule has 0 aliphatic carbocycles. The Bertz CT molecular complexity index is 432. The molecule has 0 saturated heterocycles. The van der Waals surface area contributed by atoms with Gasteiger partial charge in [0, 0.05) is 6.20 Å². The Balaban J connectivity index is 2.68. The summed E-state index contributed by atoms with van der Waals surface area (Å²) < 4.78 is 23.8. The largest absolute Gasteiger partial charge is 0.396 e. The van der Waals surface area contributed by atoms with Crippen LogP contribution in [0, 0.1) is 0 Å². The lowest BCUT2D eigenvalue weighted by molar-refractivity contribution is 0.595. The molecular weight excluding hydrogens is 244 g/mol. The van der Waals surface area contributed by atoms with Crippen LogP contribution in [-0.4, -0.2) is 30.7 Å². The molecule has 6 heteroatoms. The summed E-state index contributed by atoms with van der Waals surface area (Å²) in [6.45, 7) is 2.06. The van der Waals surface area contributed by atoms with Crippen molar-refractivity contribution in [1.82, 2.24) is 4.98 Å². The van der Waals surface area contributed by atoms with Crippen LogP contribution in [0.5, 0.6) is 0 Å². The number of nitrogens with zero attached hydrogens (tertiary/aromatic N) is 1. The molecule has 0 atom stereocenters. The number of hydrogen-bond donors (Lipinski definition) is 1. The van der Waals surface area contributed by atoms with E-state index in [1.54, 1.807) is 11.8 Å². The maximum absolute atomic E-state index is 11.9. The van der Waals surface area contributed by atoms with E-state index in [9.17, 15) is 8.42 Å². The van der Waals surface area contributed by atoms with Crippen molar-refractivity contribution in [2.45, 2.75) is 18.2 Å². The number of sulfone groups is 1. The zero-order valence-corrected chi connectivity index (χ0v) is 10.9. The molecular formula is C10H16N2O2S2. The van der Waals surface area contributed by atoms with Crippen molar-refractivity contribution in [3.8, 4) is 0 Å². The fourth-order valence-electron chi connectivity index (χ4n) is 1.28. The summed E-state index contributed by atoms with van der Waals surface area (Å²) in [4.78, 5) is 3.97. The fraction of sp³-hybridized carbons (Fsp3) is 0.500. The third-order valence-electron chi connectivity index (χ3n) is 2.05. The molecule has 1 aromatic heterocycles. The zero-order valence-electron chi connectivity index (χ0n) is 9.22. The molecule has 2 N–H and O–H groups in total. The molecule has 0 aliphatic heterocycles. The molecule has 0 bridgehead atoms. The van der Waals surface area contributed by atoms with Gasteiger partial charge in [-0.3, -0.25) is 4.98 Å². The van der Waals surface area contributed by atoms with Gasteiger partial charge in [0.2, 0.25) is 0 Å². The summed E-state index contributed by atoms with van der Waals surface area (Å²) in [5, 5.41) is 0. The van der Waals surface area contributed by atoms with Gasteiger partial charge in [-0.15, -0.1) is 0 Å². The molecule has 0 radical (unpaired) electrons. The minimum atomic E-state index is -3.25. The van der Waals surface area contributed by atoms with E-state index >= 15 is 0 Å². The second-order valence-corrected chi connectivity index (χ2v) is 6.75. The summed E-state index contributed by atoms with van der Waals surface area (Å²) in [5.41, 5.74) is 5.82. The van der Waals surface area contributed by atoms with E-state index in [1.165, 1.54) is 18.5 Å². The van der Waals surface area contributed by atoms with E-state index in [-0.39, 0.29) is 16.3 Å². The molecule has 0 fully saturated rings. The maximum atomic E-state index is 11.9. The fourth-order valence-corrected chi connectivity index (χ4v) is 3.53. The smallest absolute Gasteiger partial charge is 0.180 e. The van der Waals surface area contributed by atoms with Crippen LogP contribution in [0.3, 0.4) is 0 Å². The third-order valence-corrected chi connectivity index (χ3v) is 4.90. The van der Waals surface area contributed by atoms with Gasteiger partial charge >= 0.3 is 0 Å². The van der Waals surface area contributed by atoms with Crippen molar-refractivity contribution in [3.63, 3.8) is 0 Å². The highest BCUT2D eigenvalue weighted by Gasteiger charge is 2.16. The van der Waals surface area contributed by atoms with Crippen molar-refractivity contribution < 1.29 is 8.42 Å². The van der Waals surface area contributed by atoms with Crippen LogP contribution in [0.25, 0.3) is 0 Å². The normalized spacial score (nSPS) is 11.6. The van der Waals surface area contributed by atoms with Gasteiger partial charge in [-0.1, -0.05) is 6.92 Å². The van der Waals surface area contributed by atoms with E-state index in [1.807, 2.05) is 0 Å². The van der Waals surface area contributed by atoms with E-state index in [0.29, 0.717) is 6.42 Å². The van der Waals surface area contributed by atoms with Crippen molar-refractivity contribution in [2.75, 3.05) is 23.0 Å². The molecule has 1 rings (SSSR count). The van der Waals surface area contributed by atoms with Gasteiger partial charge in [0.25, 0.3) is 0 Å². The predicted molar refractivity (Wildman–Crippen MR) is 68.3 cm³/mol. The molecule has 0 amide bonds. The minimum absolute atomic E-state index is 0.147. The molecule has 1 aromatic rings. The van der Waals surface area contributed by atoms with Crippen LogP contribution >= 0.6 is 11.8 Å². The number of hydrogen-bond acceptors (Lipinski definition) is 5. The van der Waals surface area contributed by atoms with Crippen LogP contribution in [0.2, 0.25) is 0 Å². The zero-order chi connectivity index (χ0) is 12.0. The topological polar surface area (TPSA) is 73.0 Å². The molecule has 0 aromatic carbocycles. The van der Waals surface area contributed by atoms with Crippen LogP contribution in [0.4, 0.5) is 5.69 Å². The monoisotopic (exact) mass is 260 g/mol. The summed E-state index contributed by atoms with van der Waals surface area (Å²) in [5.74, 6) is 2.02. The van der Waals surface area contributed by atoms with Crippen molar-refractivity contribution in [2.24, 2.45) is 0 Å². The van der Waals surface area contributed by atoms with Gasteiger partial charge in [0.1, 0.15) is 0 Å². The Hall–Kier alpha value is -0.750. The molecule has 90 valence electrons. The van der Waals surface area contributed by atoms with Gasteiger partial charge in [-0.2, -0.15) is 11.8 Å². The van der Waals surface area contributed by atoms with E-state index < -0.39 is 9.84 Å². The summed E-state index contributed by atoms with van der Waals surface area (Å²) >= 11 is 1.74. The Morgan fingerprint density at radius 3 is 2.88 bits per heavy atom. The highest BCUT2D eigenvalue weighted by molar-refractivity contribution is 7.99. The Labute approximate surface area is 101 Å². The van der Waals surface area contributed by atoms with Gasteiger partial charge in [0.05, 0.1) is 22.5 Å². The number of nitrogen functional groups attached to an aromatic ring is 1. The standard InChI is InChI=1S/C10H16N2O2S2/c1-2-15-6-3-7-16(13,14)10-4-5-12-8-9(10)11/h4-5,8H,2-3,6-7,11H2,1H3. The predicted octanol–water partition coefficient (Wildman–Crippen LogP) is 1.58. The molecule has 0 aliphatic rings. The molecule has 16 heavy (non-hydrogen) atoms. The molecule has 0 saturated carbocycles. The first-order valence-corrected chi connectivity index (χ1v) is 7.88. The first kappa shape index (κ1) is 13.3. The summed E-state index contributed by atoms with van der Waals surface area (Å²) in [6, 6.07) is 1.46. The number of thioether (sulfide) groups is 1. The second-order valence-electron chi connectivity index (χ2n) is 3.28. The average molecular weight is 260 g/mol. The molecule has 1 heterocycles. The minimum Gasteiger partial charge on any atom is -0.396 e. The first-order valence-electron chi connectivity index (χ1n) is 5.08. The van der Waals surface area contributed by atoms with Crippen LogP contribution in [0.1, 0.15) is 13.3 Å². The van der Waals surface area contributed by atoms with Crippen molar-refractivity contribution in [1.29, 1.82) is 0 Å². The van der Waals surface area contributed by atoms with Crippen LogP contribution in [-0.2, 0) is 9.84 Å². The highest BCUT2D eigenvalue weighted by atomic mass is 32.2. The van der Waals surface area contributed by atoms with E-state index in [2.05, 4.69) is 11.9 Å². The van der Waals surface area contributed by atoms with Gasteiger partial charge < -0.3 is 5.73 Å². The van der Waals surface area contributed by atoms with E-state index in [0.717, 1.165) is 11.5 Å². The Morgan fingerprint density at radius 2 is 2.25 bits per heavy atom. The Kier molecular flexibility index (Phi) is 5.08. The number of aromatic nitrogens is 1. The molecule has 0 unspecified atom stereocenters. The Morgan fingerprint density at radius 1 is 1.50 bits per heavy atom. The van der Waals surface area contributed by atoms with Crippen LogP contribution in [0.15, 0.2) is 23.4 Å². The lowest BCUT2D eigenvalue weighted by atomic mass is 10.4. The second kappa shape index (κ2) is 6.10. The highest BCUT2D eigenvalue weighted by Crippen LogP contribution is 2.18. The maximum Gasteiger partial charge on any atom is 0.180 e. The van der Waals surface area contributed by atoms with E-state index in [4.69, 9.17) is 5.73 Å². The van der Waals surface area contributed by atoms with Crippen molar-refractivity contribution in [3.05, 3.63) is 18.5 Å². The lowest BCUT2D eigenvalue weighted by Crippen LogP contribution is -2.10.